The molecule has 0 aliphatic rings. The number of aromatic nitrogens is 4. The Kier molecular flexibility index (Phi) is 6.69. The molecule has 0 aliphatic carbocycles. The first-order valence-corrected chi connectivity index (χ1v) is 10.8. The number of para-hydroxylation sites is 1. The maximum atomic E-state index is 12.5. The molecule has 9 heteroatoms. The second-order valence-corrected chi connectivity index (χ2v) is 8.37. The summed E-state index contributed by atoms with van der Waals surface area (Å²) in [6.45, 7) is 8.40. The van der Waals surface area contributed by atoms with Crippen molar-refractivity contribution in [2.24, 2.45) is 0 Å². The van der Waals surface area contributed by atoms with Gasteiger partial charge in [0, 0.05) is 11.9 Å². The number of nitrogens with one attached hydrogen (secondary N) is 1. The molecule has 0 saturated heterocycles. The van der Waals surface area contributed by atoms with Crippen molar-refractivity contribution in [2.45, 2.75) is 50.8 Å². The van der Waals surface area contributed by atoms with Gasteiger partial charge in [0.25, 0.3) is 0 Å². The number of carbonyl (C=O) groups is 1. The van der Waals surface area contributed by atoms with Crippen LogP contribution in [0.5, 0.6) is 5.75 Å². The van der Waals surface area contributed by atoms with Crippen molar-refractivity contribution in [2.75, 3.05) is 5.32 Å². The van der Waals surface area contributed by atoms with Gasteiger partial charge in [0.2, 0.25) is 5.91 Å². The van der Waals surface area contributed by atoms with Crippen LogP contribution in [0.2, 0.25) is 0 Å². The zero-order chi connectivity index (χ0) is 20.1. The number of benzene rings is 1. The number of amides is 1. The molecule has 3 aromatic rings. The number of hydrogen-bond donors (Lipinski definition) is 1. The molecule has 0 bridgehead atoms. The van der Waals surface area contributed by atoms with Gasteiger partial charge >= 0.3 is 0 Å². The van der Waals surface area contributed by atoms with Gasteiger partial charge in [-0.05, 0) is 39.8 Å². The van der Waals surface area contributed by atoms with E-state index in [2.05, 4.69) is 20.5 Å². The molecule has 1 N–H and O–H groups in total. The van der Waals surface area contributed by atoms with Gasteiger partial charge in [-0.2, -0.15) is 0 Å². The van der Waals surface area contributed by atoms with E-state index in [-0.39, 0.29) is 17.3 Å². The van der Waals surface area contributed by atoms with Crippen molar-refractivity contribution >= 4 is 34.1 Å². The van der Waals surface area contributed by atoms with Crippen LogP contribution < -0.4 is 10.1 Å². The van der Waals surface area contributed by atoms with Crippen molar-refractivity contribution in [3.8, 4) is 5.75 Å². The molecule has 1 aromatic carbocycles. The quantitative estimate of drug-likeness (QED) is 0.550. The number of anilines is 1. The minimum Gasteiger partial charge on any atom is -0.483 e. The molecule has 7 nitrogen and oxygen atoms in total. The Morgan fingerprint density at radius 2 is 2.04 bits per heavy atom. The van der Waals surface area contributed by atoms with Crippen molar-refractivity contribution in [3.05, 3.63) is 47.2 Å². The Balaban J connectivity index is 1.68. The Morgan fingerprint density at radius 3 is 2.68 bits per heavy atom. The number of nitrogens with zero attached hydrogens (tertiary/aromatic N) is 4. The molecule has 2 aromatic heterocycles. The van der Waals surface area contributed by atoms with Crippen LogP contribution in [0.1, 0.15) is 38.4 Å². The number of carbonyl (C=O) groups excluding carboxylic acids is 1. The predicted molar refractivity (Wildman–Crippen MR) is 112 cm³/mol. The summed E-state index contributed by atoms with van der Waals surface area (Å²) in [6.07, 6.45) is -0.258. The second kappa shape index (κ2) is 9.20. The predicted octanol–water partition coefficient (Wildman–Crippen LogP) is 4.32. The largest absolute Gasteiger partial charge is 0.483 e. The third kappa shape index (κ3) is 4.90. The van der Waals surface area contributed by atoms with E-state index >= 15 is 0 Å². The van der Waals surface area contributed by atoms with Crippen LogP contribution in [-0.4, -0.2) is 30.9 Å². The highest BCUT2D eigenvalue weighted by Gasteiger charge is 2.23. The Morgan fingerprint density at radius 1 is 1.29 bits per heavy atom. The molecule has 0 aliphatic heterocycles. The van der Waals surface area contributed by atoms with Crippen molar-refractivity contribution in [1.82, 2.24) is 19.7 Å². The van der Waals surface area contributed by atoms with Gasteiger partial charge in [-0.25, -0.2) is 4.98 Å². The van der Waals surface area contributed by atoms with Crippen LogP contribution in [0.4, 0.5) is 5.13 Å². The maximum Gasteiger partial charge on any atom is 0.239 e. The normalized spacial score (nSPS) is 13.1. The summed E-state index contributed by atoms with van der Waals surface area (Å²) in [4.78, 5) is 16.7. The van der Waals surface area contributed by atoms with E-state index < -0.39 is 0 Å². The SMILES string of the molecule is CCn1c(S[C@@H](C)C(=O)Nc2nc(C)cs2)nnc1[C@@H](C)Oc1ccccc1. The lowest BCUT2D eigenvalue weighted by Gasteiger charge is -2.16. The van der Waals surface area contributed by atoms with Crippen LogP contribution in [0.15, 0.2) is 40.9 Å². The monoisotopic (exact) mass is 417 g/mol. The van der Waals surface area contributed by atoms with Gasteiger partial charge in [0.1, 0.15) is 5.75 Å². The lowest BCUT2D eigenvalue weighted by Crippen LogP contribution is -2.23. The highest BCUT2D eigenvalue weighted by molar-refractivity contribution is 8.00. The van der Waals surface area contributed by atoms with E-state index in [4.69, 9.17) is 4.74 Å². The van der Waals surface area contributed by atoms with Crippen LogP contribution in [0, 0.1) is 6.92 Å². The molecule has 1 amide bonds. The summed E-state index contributed by atoms with van der Waals surface area (Å²) in [5, 5.41) is 14.3. The number of thiazole rings is 1. The van der Waals surface area contributed by atoms with Crippen LogP contribution in [-0.2, 0) is 11.3 Å². The maximum absolute atomic E-state index is 12.5. The third-order valence-electron chi connectivity index (χ3n) is 3.98. The van der Waals surface area contributed by atoms with Crippen LogP contribution in [0.25, 0.3) is 0 Å². The minimum absolute atomic E-state index is 0.111. The van der Waals surface area contributed by atoms with Crippen molar-refractivity contribution in [1.29, 1.82) is 0 Å². The Labute approximate surface area is 172 Å². The Hall–Kier alpha value is -2.39. The number of aryl methyl sites for hydroxylation is 1. The van der Waals surface area contributed by atoms with Gasteiger partial charge in [-0.1, -0.05) is 30.0 Å². The molecule has 28 heavy (non-hydrogen) atoms. The molecule has 2 heterocycles. The molecule has 0 fully saturated rings. The standard InChI is InChI=1S/C19H23N5O2S2/c1-5-24-16(13(3)26-15-9-7-6-8-10-15)22-23-19(24)28-14(4)17(25)21-18-20-12(2)11-27-18/h6-11,13-14H,5H2,1-4H3,(H,20,21,25)/t13-,14+/m1/s1. The third-order valence-corrected chi connectivity index (χ3v) is 5.94. The van der Waals surface area contributed by atoms with Crippen molar-refractivity contribution < 1.29 is 9.53 Å². The van der Waals surface area contributed by atoms with Gasteiger partial charge < -0.3 is 14.6 Å². The first-order chi connectivity index (χ1) is 13.5. The summed E-state index contributed by atoms with van der Waals surface area (Å²) in [6, 6.07) is 9.62. The molecule has 0 unspecified atom stereocenters. The van der Waals surface area contributed by atoms with Crippen LogP contribution in [0.3, 0.4) is 0 Å². The number of hydrogen-bond acceptors (Lipinski definition) is 7. The van der Waals surface area contributed by atoms with Gasteiger partial charge in [0.15, 0.2) is 22.2 Å². The van der Waals surface area contributed by atoms with E-state index in [9.17, 15) is 4.79 Å². The molecule has 3 rings (SSSR count). The smallest absolute Gasteiger partial charge is 0.239 e. The van der Waals surface area contributed by atoms with E-state index in [1.54, 1.807) is 0 Å². The molecule has 0 spiro atoms. The molecule has 148 valence electrons. The highest BCUT2D eigenvalue weighted by atomic mass is 32.2. The van der Waals surface area contributed by atoms with E-state index in [0.717, 1.165) is 17.3 Å². The number of ether oxygens (including phenoxy) is 1. The first kappa shape index (κ1) is 20.3. The lowest BCUT2D eigenvalue weighted by molar-refractivity contribution is -0.115. The zero-order valence-corrected chi connectivity index (χ0v) is 17.9. The fraction of sp³-hybridized carbons (Fsp3) is 0.368. The highest BCUT2D eigenvalue weighted by Crippen LogP contribution is 2.27. The average Bonchev–Trinajstić information content (AvgIpc) is 3.28. The summed E-state index contributed by atoms with van der Waals surface area (Å²) in [5.41, 5.74) is 0.892. The minimum atomic E-state index is -0.336. The molecule has 0 saturated carbocycles. The van der Waals surface area contributed by atoms with E-state index in [1.165, 1.54) is 23.1 Å². The number of thioether (sulfide) groups is 1. The van der Waals surface area contributed by atoms with E-state index in [0.29, 0.717) is 16.8 Å². The molecule has 0 radical (unpaired) electrons. The average molecular weight is 418 g/mol. The molecular weight excluding hydrogens is 394 g/mol. The molecule has 2 atom stereocenters. The first-order valence-electron chi connectivity index (χ1n) is 9.02. The van der Waals surface area contributed by atoms with Gasteiger partial charge in [-0.3, -0.25) is 4.79 Å². The summed E-state index contributed by atoms with van der Waals surface area (Å²) < 4.78 is 7.95. The molecular formula is C19H23N5O2S2. The Bertz CT molecular complexity index is 926. The van der Waals surface area contributed by atoms with E-state index in [1.807, 2.05) is 68.0 Å². The fourth-order valence-corrected chi connectivity index (χ4v) is 4.18. The number of rotatable bonds is 8. The topological polar surface area (TPSA) is 81.9 Å². The summed E-state index contributed by atoms with van der Waals surface area (Å²) in [7, 11) is 0. The summed E-state index contributed by atoms with van der Waals surface area (Å²) in [5.74, 6) is 1.40. The lowest BCUT2D eigenvalue weighted by atomic mass is 10.3. The summed E-state index contributed by atoms with van der Waals surface area (Å²) >= 11 is 2.79. The van der Waals surface area contributed by atoms with Crippen molar-refractivity contribution in [3.63, 3.8) is 0 Å². The van der Waals surface area contributed by atoms with Crippen LogP contribution >= 0.6 is 23.1 Å². The zero-order valence-electron chi connectivity index (χ0n) is 16.2. The second-order valence-electron chi connectivity index (χ2n) is 6.20. The fourth-order valence-electron chi connectivity index (χ4n) is 2.57. The van der Waals surface area contributed by atoms with Gasteiger partial charge in [0.05, 0.1) is 10.9 Å². The van der Waals surface area contributed by atoms with Gasteiger partial charge in [-0.15, -0.1) is 21.5 Å².